The van der Waals surface area contributed by atoms with E-state index in [1.54, 1.807) is 18.1 Å². The van der Waals surface area contributed by atoms with Crippen LogP contribution in [0, 0.1) is 0 Å². The Morgan fingerprint density at radius 3 is 2.76 bits per heavy atom. The van der Waals surface area contributed by atoms with Crippen LogP contribution in [0.15, 0.2) is 30.3 Å². The predicted molar refractivity (Wildman–Crippen MR) is 84.2 cm³/mol. The molecular formula is C16H21N3O2. The molecule has 0 aliphatic rings. The number of hydrogen-bond donors (Lipinski definition) is 1. The number of carbonyl (C=O) groups excluding carboxylic acids is 1. The van der Waals surface area contributed by atoms with Gasteiger partial charge in [0.25, 0.3) is 5.91 Å². The average Bonchev–Trinajstić information content (AvgIpc) is 2.47. The van der Waals surface area contributed by atoms with Crippen molar-refractivity contribution in [3.8, 4) is 0 Å². The van der Waals surface area contributed by atoms with Gasteiger partial charge in [0.1, 0.15) is 5.69 Å². The Bertz CT molecular complexity index is 640. The molecule has 0 saturated carbocycles. The molecule has 2 aromatic rings. The van der Waals surface area contributed by atoms with E-state index in [4.69, 9.17) is 10.5 Å². The van der Waals surface area contributed by atoms with E-state index in [1.165, 1.54) is 0 Å². The zero-order valence-electron chi connectivity index (χ0n) is 12.7. The van der Waals surface area contributed by atoms with Crippen LogP contribution >= 0.6 is 0 Å². The van der Waals surface area contributed by atoms with E-state index in [9.17, 15) is 4.79 Å². The Hall–Kier alpha value is -2.14. The first-order chi connectivity index (χ1) is 10.0. The quantitative estimate of drug-likeness (QED) is 0.916. The highest BCUT2D eigenvalue weighted by atomic mass is 16.5. The standard InChI is InChI=1S/C16H21N3O2/c1-11(2)19(8-9-21-3)16(20)15-10-13(17)12-6-4-5-7-14(12)18-15/h4-7,10-11H,8-9H2,1-3H3,(H2,17,18). The van der Waals surface area contributed by atoms with Crippen LogP contribution in [0.3, 0.4) is 0 Å². The van der Waals surface area contributed by atoms with Crippen molar-refractivity contribution in [3.05, 3.63) is 36.0 Å². The van der Waals surface area contributed by atoms with Gasteiger partial charge in [-0.2, -0.15) is 0 Å². The maximum atomic E-state index is 12.6. The first kappa shape index (κ1) is 15.3. The SMILES string of the molecule is COCCN(C(=O)c1cc(N)c2ccccc2n1)C(C)C. The number of rotatable bonds is 5. The fraction of sp³-hybridized carbons (Fsp3) is 0.375. The zero-order chi connectivity index (χ0) is 15.4. The summed E-state index contributed by atoms with van der Waals surface area (Å²) in [6, 6.07) is 9.26. The summed E-state index contributed by atoms with van der Waals surface area (Å²) >= 11 is 0. The highest BCUT2D eigenvalue weighted by molar-refractivity contribution is 5.99. The highest BCUT2D eigenvalue weighted by Crippen LogP contribution is 2.21. The van der Waals surface area contributed by atoms with Gasteiger partial charge in [0.2, 0.25) is 0 Å². The monoisotopic (exact) mass is 287 g/mol. The minimum absolute atomic E-state index is 0.0714. The molecule has 5 nitrogen and oxygen atoms in total. The Morgan fingerprint density at radius 1 is 1.38 bits per heavy atom. The second-order valence-electron chi connectivity index (χ2n) is 5.20. The first-order valence-electron chi connectivity index (χ1n) is 6.99. The minimum atomic E-state index is -0.125. The third-order valence-corrected chi connectivity index (χ3v) is 3.39. The molecule has 0 bridgehead atoms. The number of carbonyl (C=O) groups is 1. The van der Waals surface area contributed by atoms with Crippen LogP contribution in [0.5, 0.6) is 0 Å². The number of para-hydroxylation sites is 1. The second kappa shape index (κ2) is 6.54. The molecular weight excluding hydrogens is 266 g/mol. The lowest BCUT2D eigenvalue weighted by atomic mass is 10.1. The molecule has 2 N–H and O–H groups in total. The largest absolute Gasteiger partial charge is 0.398 e. The molecule has 0 aliphatic carbocycles. The number of anilines is 1. The van der Waals surface area contributed by atoms with E-state index in [2.05, 4.69) is 4.98 Å². The number of nitrogens with zero attached hydrogens (tertiary/aromatic N) is 2. The van der Waals surface area contributed by atoms with Gasteiger partial charge in [0.15, 0.2) is 0 Å². The molecule has 1 aromatic carbocycles. The lowest BCUT2D eigenvalue weighted by Crippen LogP contribution is -2.39. The summed E-state index contributed by atoms with van der Waals surface area (Å²) in [4.78, 5) is 18.8. The summed E-state index contributed by atoms with van der Waals surface area (Å²) in [5.41, 5.74) is 7.71. The Balaban J connectivity index is 2.37. The van der Waals surface area contributed by atoms with E-state index in [-0.39, 0.29) is 11.9 Å². The number of methoxy groups -OCH3 is 1. The molecule has 1 heterocycles. The third-order valence-electron chi connectivity index (χ3n) is 3.39. The molecule has 0 saturated heterocycles. The normalized spacial score (nSPS) is 11.0. The number of hydrogen-bond acceptors (Lipinski definition) is 4. The second-order valence-corrected chi connectivity index (χ2v) is 5.20. The van der Waals surface area contributed by atoms with Gasteiger partial charge in [-0.25, -0.2) is 4.98 Å². The number of fused-ring (bicyclic) bond motifs is 1. The van der Waals surface area contributed by atoms with Crippen LogP contribution in [0.25, 0.3) is 10.9 Å². The number of nitrogen functional groups attached to an aromatic ring is 1. The summed E-state index contributed by atoms with van der Waals surface area (Å²) in [5, 5.41) is 0.863. The van der Waals surface area contributed by atoms with Crippen molar-refractivity contribution in [1.29, 1.82) is 0 Å². The molecule has 1 amide bonds. The van der Waals surface area contributed by atoms with Crippen molar-refractivity contribution in [2.45, 2.75) is 19.9 Å². The predicted octanol–water partition coefficient (Wildman–Crippen LogP) is 2.31. The Labute approximate surface area is 124 Å². The van der Waals surface area contributed by atoms with Crippen LogP contribution in [0.4, 0.5) is 5.69 Å². The lowest BCUT2D eigenvalue weighted by molar-refractivity contribution is 0.0629. The molecule has 1 aromatic heterocycles. The molecule has 0 unspecified atom stereocenters. The fourth-order valence-corrected chi connectivity index (χ4v) is 2.24. The van der Waals surface area contributed by atoms with Crippen molar-refractivity contribution in [1.82, 2.24) is 9.88 Å². The smallest absolute Gasteiger partial charge is 0.272 e. The van der Waals surface area contributed by atoms with Crippen molar-refractivity contribution in [2.24, 2.45) is 0 Å². The van der Waals surface area contributed by atoms with Gasteiger partial charge >= 0.3 is 0 Å². The van der Waals surface area contributed by atoms with E-state index in [1.807, 2.05) is 38.1 Å². The van der Waals surface area contributed by atoms with Crippen LogP contribution in [-0.2, 0) is 4.74 Å². The van der Waals surface area contributed by atoms with Gasteiger partial charge in [-0.15, -0.1) is 0 Å². The van der Waals surface area contributed by atoms with Crippen LogP contribution in [0.2, 0.25) is 0 Å². The number of benzene rings is 1. The summed E-state index contributed by atoms with van der Waals surface area (Å²) in [5.74, 6) is -0.125. The molecule has 0 radical (unpaired) electrons. The van der Waals surface area contributed by atoms with Crippen LogP contribution in [0.1, 0.15) is 24.3 Å². The number of amides is 1. The number of aromatic nitrogens is 1. The average molecular weight is 287 g/mol. The summed E-state index contributed by atoms with van der Waals surface area (Å²) < 4.78 is 5.06. The first-order valence-corrected chi connectivity index (χ1v) is 6.99. The van der Waals surface area contributed by atoms with Crippen molar-refractivity contribution < 1.29 is 9.53 Å². The highest BCUT2D eigenvalue weighted by Gasteiger charge is 2.20. The lowest BCUT2D eigenvalue weighted by Gasteiger charge is -2.26. The number of nitrogens with two attached hydrogens (primary N) is 1. The maximum Gasteiger partial charge on any atom is 0.272 e. The van der Waals surface area contributed by atoms with E-state index < -0.39 is 0 Å². The van der Waals surface area contributed by atoms with E-state index in [0.717, 1.165) is 10.9 Å². The van der Waals surface area contributed by atoms with Gasteiger partial charge in [-0.3, -0.25) is 4.79 Å². The summed E-state index contributed by atoms with van der Waals surface area (Å²) in [6.07, 6.45) is 0. The molecule has 0 atom stereocenters. The molecule has 0 fully saturated rings. The van der Waals surface area contributed by atoms with E-state index in [0.29, 0.717) is 24.5 Å². The van der Waals surface area contributed by atoms with E-state index >= 15 is 0 Å². The Kier molecular flexibility index (Phi) is 4.75. The van der Waals surface area contributed by atoms with Crippen molar-refractivity contribution >= 4 is 22.5 Å². The van der Waals surface area contributed by atoms with Crippen molar-refractivity contribution in [3.63, 3.8) is 0 Å². The zero-order valence-corrected chi connectivity index (χ0v) is 12.7. The summed E-state index contributed by atoms with van der Waals surface area (Å²) in [7, 11) is 1.62. The van der Waals surface area contributed by atoms with Gasteiger partial charge < -0.3 is 15.4 Å². The topological polar surface area (TPSA) is 68.5 Å². The summed E-state index contributed by atoms with van der Waals surface area (Å²) in [6.45, 7) is 4.96. The van der Waals surface area contributed by atoms with Crippen LogP contribution in [-0.4, -0.2) is 42.1 Å². The molecule has 21 heavy (non-hydrogen) atoms. The third kappa shape index (κ3) is 3.31. The maximum absolute atomic E-state index is 12.6. The molecule has 0 spiro atoms. The van der Waals surface area contributed by atoms with Gasteiger partial charge in [-0.05, 0) is 26.0 Å². The van der Waals surface area contributed by atoms with Crippen molar-refractivity contribution in [2.75, 3.05) is 26.0 Å². The fourth-order valence-electron chi connectivity index (χ4n) is 2.24. The molecule has 2 rings (SSSR count). The number of ether oxygens (including phenoxy) is 1. The van der Waals surface area contributed by atoms with Gasteiger partial charge in [-0.1, -0.05) is 18.2 Å². The van der Waals surface area contributed by atoms with Gasteiger partial charge in [0.05, 0.1) is 12.1 Å². The number of pyridine rings is 1. The molecule has 5 heteroatoms. The minimum Gasteiger partial charge on any atom is -0.398 e. The van der Waals surface area contributed by atoms with Crippen LogP contribution < -0.4 is 5.73 Å². The van der Waals surface area contributed by atoms with Gasteiger partial charge in [0, 0.05) is 30.8 Å². The molecule has 112 valence electrons. The Morgan fingerprint density at radius 2 is 2.10 bits per heavy atom. The molecule has 0 aliphatic heterocycles.